The van der Waals surface area contributed by atoms with Crippen LogP contribution in [0.25, 0.3) is 0 Å². The summed E-state index contributed by atoms with van der Waals surface area (Å²) in [6.45, 7) is 1.70. The lowest BCUT2D eigenvalue weighted by atomic mass is 10.1. The molecule has 1 saturated carbocycles. The Kier molecular flexibility index (Phi) is 4.61. The van der Waals surface area contributed by atoms with Crippen LogP contribution in [0.3, 0.4) is 0 Å². The predicted molar refractivity (Wildman–Crippen MR) is 69.5 cm³/mol. The van der Waals surface area contributed by atoms with Crippen LogP contribution in [0.4, 0.5) is 0 Å². The number of aliphatic hydroxyl groups excluding tert-OH is 1. The molecule has 1 aromatic rings. The van der Waals surface area contributed by atoms with Gasteiger partial charge in [0.2, 0.25) is 0 Å². The average molecular weight is 229 g/mol. The normalized spacial score (nSPS) is 23.1. The van der Waals surface area contributed by atoms with Gasteiger partial charge in [-0.25, -0.2) is 0 Å². The number of rotatable bonds is 3. The average Bonchev–Trinajstić information content (AvgIpc) is 2.76. The van der Waals surface area contributed by atoms with Gasteiger partial charge in [0, 0.05) is 5.56 Å². The quantitative estimate of drug-likeness (QED) is 0.612. The summed E-state index contributed by atoms with van der Waals surface area (Å²) in [6.07, 6.45) is 2.97. The van der Waals surface area contributed by atoms with Gasteiger partial charge >= 0.3 is 0 Å². The van der Waals surface area contributed by atoms with Crippen LogP contribution in [0, 0.1) is 17.8 Å². The smallest absolute Gasteiger partial charge is 0.0580 e. The maximum Gasteiger partial charge on any atom is 0.0580 e. The van der Waals surface area contributed by atoms with Crippen LogP contribution < -0.4 is 5.32 Å². The fraction of sp³-hybridized carbons (Fsp3) is 0.467. The summed E-state index contributed by atoms with van der Waals surface area (Å²) in [5, 5.41) is 12.7. The van der Waals surface area contributed by atoms with Gasteiger partial charge in [0.25, 0.3) is 0 Å². The van der Waals surface area contributed by atoms with E-state index in [1.54, 1.807) is 0 Å². The van der Waals surface area contributed by atoms with Gasteiger partial charge in [0.05, 0.1) is 12.6 Å². The lowest BCUT2D eigenvalue weighted by Crippen LogP contribution is -2.22. The number of benzene rings is 1. The molecule has 2 atom stereocenters. The first-order valence-corrected chi connectivity index (χ1v) is 6.27. The Labute approximate surface area is 103 Å². The van der Waals surface area contributed by atoms with Crippen molar-refractivity contribution in [3.05, 3.63) is 35.9 Å². The van der Waals surface area contributed by atoms with Gasteiger partial charge < -0.3 is 10.4 Å². The fourth-order valence-electron chi connectivity index (χ4n) is 2.24. The van der Waals surface area contributed by atoms with E-state index in [1.165, 1.54) is 0 Å². The van der Waals surface area contributed by atoms with Crippen molar-refractivity contribution < 1.29 is 5.11 Å². The van der Waals surface area contributed by atoms with Crippen LogP contribution in [0.1, 0.15) is 24.8 Å². The van der Waals surface area contributed by atoms with Gasteiger partial charge in [0.15, 0.2) is 0 Å². The molecular weight excluding hydrogens is 210 g/mol. The summed E-state index contributed by atoms with van der Waals surface area (Å²) in [4.78, 5) is 0. The molecule has 2 unspecified atom stereocenters. The fourth-order valence-corrected chi connectivity index (χ4v) is 2.24. The second kappa shape index (κ2) is 6.44. The second-order valence-corrected chi connectivity index (χ2v) is 4.63. The standard InChI is InChI=1S/C15H19NO/c17-15-9-8-14(11-15)12-16-10-4-7-13-5-2-1-3-6-13/h1-3,5-6,14-17H,8-12H2. The van der Waals surface area contributed by atoms with E-state index in [1.807, 2.05) is 30.3 Å². The molecule has 0 saturated heterocycles. The molecular formula is C15H19NO. The SMILES string of the molecule is OC1CCC(CNCC#Cc2ccccc2)C1. The number of hydrogen-bond donors (Lipinski definition) is 2. The third-order valence-corrected chi connectivity index (χ3v) is 3.17. The molecule has 2 heteroatoms. The summed E-state index contributed by atoms with van der Waals surface area (Å²) in [5.41, 5.74) is 1.06. The minimum atomic E-state index is -0.0720. The van der Waals surface area contributed by atoms with Crippen LogP contribution in [0.15, 0.2) is 30.3 Å². The van der Waals surface area contributed by atoms with Crippen molar-refractivity contribution in [3.8, 4) is 11.8 Å². The highest BCUT2D eigenvalue weighted by Crippen LogP contribution is 2.24. The zero-order valence-corrected chi connectivity index (χ0v) is 10.0. The van der Waals surface area contributed by atoms with Gasteiger partial charge in [-0.3, -0.25) is 0 Å². The van der Waals surface area contributed by atoms with Crippen LogP contribution >= 0.6 is 0 Å². The second-order valence-electron chi connectivity index (χ2n) is 4.63. The molecule has 2 rings (SSSR count). The van der Waals surface area contributed by atoms with Crippen molar-refractivity contribution in [3.63, 3.8) is 0 Å². The van der Waals surface area contributed by atoms with Crippen molar-refractivity contribution in [1.82, 2.24) is 5.32 Å². The first kappa shape index (κ1) is 12.2. The van der Waals surface area contributed by atoms with Crippen molar-refractivity contribution in [1.29, 1.82) is 0 Å². The number of hydrogen-bond acceptors (Lipinski definition) is 2. The van der Waals surface area contributed by atoms with E-state index >= 15 is 0 Å². The van der Waals surface area contributed by atoms with E-state index < -0.39 is 0 Å². The lowest BCUT2D eigenvalue weighted by molar-refractivity contribution is 0.177. The molecule has 1 fully saturated rings. The van der Waals surface area contributed by atoms with Crippen LogP contribution in [0.2, 0.25) is 0 Å². The molecule has 90 valence electrons. The first-order chi connectivity index (χ1) is 8.34. The highest BCUT2D eigenvalue weighted by molar-refractivity contribution is 5.33. The molecule has 1 aromatic carbocycles. The molecule has 1 aliphatic rings. The molecule has 0 radical (unpaired) electrons. The molecule has 2 nitrogen and oxygen atoms in total. The maximum absolute atomic E-state index is 9.40. The Hall–Kier alpha value is -1.30. The van der Waals surface area contributed by atoms with Gasteiger partial charge in [-0.2, -0.15) is 0 Å². The molecule has 17 heavy (non-hydrogen) atoms. The van der Waals surface area contributed by atoms with Gasteiger partial charge in [-0.15, -0.1) is 0 Å². The Balaban J connectivity index is 1.65. The number of aliphatic hydroxyl groups is 1. The molecule has 0 bridgehead atoms. The summed E-state index contributed by atoms with van der Waals surface area (Å²) in [7, 11) is 0. The third kappa shape index (κ3) is 4.22. The highest BCUT2D eigenvalue weighted by Gasteiger charge is 2.21. The summed E-state index contributed by atoms with van der Waals surface area (Å²) in [5.74, 6) is 6.86. The highest BCUT2D eigenvalue weighted by atomic mass is 16.3. The lowest BCUT2D eigenvalue weighted by Gasteiger charge is -2.08. The zero-order chi connectivity index (χ0) is 11.9. The topological polar surface area (TPSA) is 32.3 Å². The molecule has 1 aliphatic carbocycles. The van der Waals surface area contributed by atoms with Gasteiger partial charge in [-0.05, 0) is 43.9 Å². The minimum Gasteiger partial charge on any atom is -0.393 e. The Morgan fingerprint density at radius 1 is 1.24 bits per heavy atom. The molecule has 0 amide bonds. The van der Waals surface area contributed by atoms with E-state index in [-0.39, 0.29) is 6.10 Å². The number of nitrogens with one attached hydrogen (secondary N) is 1. The van der Waals surface area contributed by atoms with E-state index in [4.69, 9.17) is 0 Å². The van der Waals surface area contributed by atoms with Gasteiger partial charge in [0.1, 0.15) is 0 Å². The van der Waals surface area contributed by atoms with Crippen LogP contribution in [-0.2, 0) is 0 Å². The summed E-state index contributed by atoms with van der Waals surface area (Å²) >= 11 is 0. The monoisotopic (exact) mass is 229 g/mol. The van der Waals surface area contributed by atoms with Gasteiger partial charge in [-0.1, -0.05) is 30.0 Å². The molecule has 2 N–H and O–H groups in total. The third-order valence-electron chi connectivity index (χ3n) is 3.17. The molecule has 0 aliphatic heterocycles. The first-order valence-electron chi connectivity index (χ1n) is 6.27. The van der Waals surface area contributed by atoms with E-state index in [2.05, 4.69) is 17.2 Å². The summed E-state index contributed by atoms with van der Waals surface area (Å²) in [6, 6.07) is 10.0. The molecule has 0 spiro atoms. The predicted octanol–water partition coefficient (Wildman–Crippen LogP) is 1.79. The van der Waals surface area contributed by atoms with E-state index in [9.17, 15) is 5.11 Å². The van der Waals surface area contributed by atoms with Crippen molar-refractivity contribution >= 4 is 0 Å². The van der Waals surface area contributed by atoms with Crippen LogP contribution in [-0.4, -0.2) is 24.3 Å². The van der Waals surface area contributed by atoms with Crippen molar-refractivity contribution in [2.75, 3.05) is 13.1 Å². The Morgan fingerprint density at radius 3 is 2.76 bits per heavy atom. The largest absolute Gasteiger partial charge is 0.393 e. The molecule has 0 aromatic heterocycles. The van der Waals surface area contributed by atoms with E-state index in [0.29, 0.717) is 5.92 Å². The van der Waals surface area contributed by atoms with E-state index in [0.717, 1.165) is 37.9 Å². The Morgan fingerprint density at radius 2 is 2.06 bits per heavy atom. The zero-order valence-electron chi connectivity index (χ0n) is 10.0. The van der Waals surface area contributed by atoms with Crippen molar-refractivity contribution in [2.45, 2.75) is 25.4 Å². The van der Waals surface area contributed by atoms with Crippen molar-refractivity contribution in [2.24, 2.45) is 5.92 Å². The van der Waals surface area contributed by atoms with Crippen LogP contribution in [0.5, 0.6) is 0 Å². The minimum absolute atomic E-state index is 0.0720. The Bertz CT molecular complexity index is 390. The molecule has 0 heterocycles. The summed E-state index contributed by atoms with van der Waals surface area (Å²) < 4.78 is 0. The maximum atomic E-state index is 9.40.